The lowest BCUT2D eigenvalue weighted by molar-refractivity contribution is -0.309. The quantitative estimate of drug-likeness (QED) is 0.176. The largest absolute Gasteiger partial charge is 0.394 e. The smallest absolute Gasteiger partial charge is 0.186 e. The maximum absolute atomic E-state index is 11.7. The highest BCUT2D eigenvalue weighted by Gasteiger charge is 2.52. The minimum absolute atomic E-state index is 0.0100. The highest BCUT2D eigenvalue weighted by Crippen LogP contribution is 2.42. The molecule has 212 valence electrons. The van der Waals surface area contributed by atoms with Gasteiger partial charge in [-0.1, -0.05) is 27.7 Å². The molecule has 0 bridgehead atoms. The van der Waals surface area contributed by atoms with Crippen molar-refractivity contribution < 1.29 is 44.8 Å². The molecule has 0 aromatic rings. The van der Waals surface area contributed by atoms with Crippen LogP contribution in [0.3, 0.4) is 0 Å². The number of nitrogens with two attached hydrogens (primary N) is 1. The van der Waals surface area contributed by atoms with Crippen molar-refractivity contribution >= 4 is 0 Å². The molecule has 15 unspecified atom stereocenters. The van der Waals surface area contributed by atoms with Crippen molar-refractivity contribution in [1.29, 1.82) is 0 Å². The molecule has 11 heteroatoms. The molecule has 2 heterocycles. The van der Waals surface area contributed by atoms with Gasteiger partial charge in [0, 0.05) is 18.5 Å². The zero-order valence-electron chi connectivity index (χ0n) is 21.9. The van der Waals surface area contributed by atoms with Gasteiger partial charge in [-0.15, -0.1) is 0 Å². The van der Waals surface area contributed by atoms with Crippen LogP contribution in [0.2, 0.25) is 0 Å². The van der Waals surface area contributed by atoms with Gasteiger partial charge in [-0.25, -0.2) is 0 Å². The van der Waals surface area contributed by atoms with Gasteiger partial charge in [-0.05, 0) is 37.5 Å². The van der Waals surface area contributed by atoms with Gasteiger partial charge < -0.3 is 55.9 Å². The predicted octanol–water partition coefficient (Wildman–Crippen LogP) is -1.55. The first-order valence-electron chi connectivity index (χ1n) is 13.5. The zero-order valence-corrected chi connectivity index (χ0v) is 21.9. The van der Waals surface area contributed by atoms with Crippen molar-refractivity contribution in [3.8, 4) is 0 Å². The molecule has 2 saturated heterocycles. The van der Waals surface area contributed by atoms with E-state index in [-0.39, 0.29) is 36.0 Å². The van der Waals surface area contributed by atoms with Crippen molar-refractivity contribution in [3.63, 3.8) is 0 Å². The fourth-order valence-electron chi connectivity index (χ4n) is 6.13. The zero-order chi connectivity index (χ0) is 26.7. The van der Waals surface area contributed by atoms with E-state index in [9.17, 15) is 30.6 Å². The molecular weight excluding hydrogens is 472 g/mol. The summed E-state index contributed by atoms with van der Waals surface area (Å²) < 4.78 is 18.2. The van der Waals surface area contributed by atoms with Gasteiger partial charge >= 0.3 is 0 Å². The molecule has 1 aliphatic carbocycles. The number of aliphatic hydroxyl groups is 6. The van der Waals surface area contributed by atoms with E-state index in [0.717, 1.165) is 0 Å². The van der Waals surface area contributed by atoms with Crippen LogP contribution < -0.4 is 11.1 Å². The lowest BCUT2D eigenvalue weighted by Crippen LogP contribution is -2.66. The maximum atomic E-state index is 11.7. The molecule has 0 amide bonds. The highest BCUT2D eigenvalue weighted by atomic mass is 16.7. The molecule has 1 saturated carbocycles. The number of rotatable bonds is 9. The summed E-state index contributed by atoms with van der Waals surface area (Å²) in [5, 5.41) is 66.1. The molecule has 3 rings (SSSR count). The Labute approximate surface area is 213 Å². The Morgan fingerprint density at radius 2 is 1.67 bits per heavy atom. The number of hydrogen-bond donors (Lipinski definition) is 8. The van der Waals surface area contributed by atoms with Crippen molar-refractivity contribution in [2.45, 2.75) is 127 Å². The molecule has 11 nitrogen and oxygen atoms in total. The lowest BCUT2D eigenvalue weighted by Gasteiger charge is -2.52. The second kappa shape index (κ2) is 13.1. The molecule has 0 spiro atoms. The van der Waals surface area contributed by atoms with Crippen LogP contribution in [0.1, 0.15) is 53.4 Å². The van der Waals surface area contributed by atoms with Crippen LogP contribution in [0.25, 0.3) is 0 Å². The SMILES string of the molecule is CCC(O)CNC1CC(C)C(C2OC(CC)C(O)CC2C)C(O)C1OC1OC(CO)C(O)C(N)C1O. The van der Waals surface area contributed by atoms with Gasteiger partial charge in [0.25, 0.3) is 0 Å². The first-order valence-corrected chi connectivity index (χ1v) is 13.5. The molecule has 0 aromatic heterocycles. The van der Waals surface area contributed by atoms with E-state index >= 15 is 0 Å². The lowest BCUT2D eigenvalue weighted by atomic mass is 9.68. The third-order valence-electron chi connectivity index (χ3n) is 8.44. The molecule has 3 aliphatic rings. The number of aliphatic hydroxyl groups excluding tert-OH is 6. The second-order valence-corrected chi connectivity index (χ2v) is 11.1. The van der Waals surface area contributed by atoms with E-state index in [1.54, 1.807) is 0 Å². The Kier molecular flexibility index (Phi) is 10.9. The molecule has 9 N–H and O–H groups in total. The first kappa shape index (κ1) is 30.1. The summed E-state index contributed by atoms with van der Waals surface area (Å²) in [5.41, 5.74) is 5.97. The minimum atomic E-state index is -1.38. The van der Waals surface area contributed by atoms with Gasteiger partial charge in [-0.3, -0.25) is 0 Å². The maximum Gasteiger partial charge on any atom is 0.186 e. The molecule has 0 aromatic carbocycles. The second-order valence-electron chi connectivity index (χ2n) is 11.1. The fourth-order valence-corrected chi connectivity index (χ4v) is 6.13. The normalized spacial score (nSPS) is 49.1. The topological polar surface area (TPSA) is 187 Å². The van der Waals surface area contributed by atoms with Crippen LogP contribution in [-0.4, -0.2) is 117 Å². The third kappa shape index (κ3) is 6.40. The van der Waals surface area contributed by atoms with Gasteiger partial charge in [0.05, 0.1) is 43.2 Å². The monoisotopic (exact) mass is 520 g/mol. The van der Waals surface area contributed by atoms with Crippen molar-refractivity contribution in [2.24, 2.45) is 23.5 Å². The summed E-state index contributed by atoms with van der Waals surface area (Å²) in [6.45, 7) is 7.70. The van der Waals surface area contributed by atoms with Crippen molar-refractivity contribution in [3.05, 3.63) is 0 Å². The average Bonchev–Trinajstić information content (AvgIpc) is 2.85. The summed E-state index contributed by atoms with van der Waals surface area (Å²) >= 11 is 0. The third-order valence-corrected chi connectivity index (χ3v) is 8.44. The van der Waals surface area contributed by atoms with Gasteiger partial charge in [0.15, 0.2) is 6.29 Å². The van der Waals surface area contributed by atoms with Crippen LogP contribution in [0.4, 0.5) is 0 Å². The van der Waals surface area contributed by atoms with E-state index in [1.807, 2.05) is 20.8 Å². The Morgan fingerprint density at radius 1 is 0.972 bits per heavy atom. The molecule has 15 atom stereocenters. The Hall–Kier alpha value is -0.440. The van der Waals surface area contributed by atoms with Gasteiger partial charge in [-0.2, -0.15) is 0 Å². The van der Waals surface area contributed by atoms with Gasteiger partial charge in [0.2, 0.25) is 0 Å². The Bertz CT molecular complexity index is 673. The highest BCUT2D eigenvalue weighted by molar-refractivity contribution is 5.02. The van der Waals surface area contributed by atoms with E-state index in [2.05, 4.69) is 12.2 Å². The fraction of sp³-hybridized carbons (Fsp3) is 1.00. The van der Waals surface area contributed by atoms with E-state index in [0.29, 0.717) is 32.2 Å². The van der Waals surface area contributed by atoms with E-state index in [4.69, 9.17) is 19.9 Å². The van der Waals surface area contributed by atoms with Crippen LogP contribution >= 0.6 is 0 Å². The van der Waals surface area contributed by atoms with E-state index < -0.39 is 61.7 Å². The van der Waals surface area contributed by atoms with Crippen molar-refractivity contribution in [2.75, 3.05) is 13.2 Å². The van der Waals surface area contributed by atoms with E-state index in [1.165, 1.54) is 0 Å². The summed E-state index contributed by atoms with van der Waals surface area (Å²) in [6, 6.07) is -1.47. The standard InChI is InChI=1S/C25H48N2O9/c1-5-13(29)9-27-14-7-11(3)18(23-12(4)8-15(30)16(6-2)34-23)21(32)24(14)36-25-22(33)19(26)20(31)17(10-28)35-25/h11-25,27-33H,5-10,26H2,1-4H3. The molecule has 36 heavy (non-hydrogen) atoms. The molecular formula is C25H48N2O9. The summed E-state index contributed by atoms with van der Waals surface area (Å²) in [6.07, 6.45) is -6.15. The van der Waals surface area contributed by atoms with Crippen LogP contribution in [0.15, 0.2) is 0 Å². The summed E-state index contributed by atoms with van der Waals surface area (Å²) in [7, 11) is 0. The number of hydrogen-bond acceptors (Lipinski definition) is 11. The Balaban J connectivity index is 1.85. The molecule has 0 radical (unpaired) electrons. The number of ether oxygens (including phenoxy) is 3. The predicted molar refractivity (Wildman–Crippen MR) is 131 cm³/mol. The molecule has 2 aliphatic heterocycles. The van der Waals surface area contributed by atoms with Crippen LogP contribution in [0, 0.1) is 17.8 Å². The Morgan fingerprint density at radius 3 is 2.28 bits per heavy atom. The summed E-state index contributed by atoms with van der Waals surface area (Å²) in [4.78, 5) is 0. The van der Waals surface area contributed by atoms with Crippen LogP contribution in [-0.2, 0) is 14.2 Å². The van der Waals surface area contributed by atoms with Gasteiger partial charge in [0.1, 0.15) is 24.4 Å². The van der Waals surface area contributed by atoms with Crippen molar-refractivity contribution in [1.82, 2.24) is 5.32 Å². The van der Waals surface area contributed by atoms with Crippen LogP contribution in [0.5, 0.6) is 0 Å². The number of nitrogens with one attached hydrogen (secondary N) is 1. The minimum Gasteiger partial charge on any atom is -0.394 e. The summed E-state index contributed by atoms with van der Waals surface area (Å²) in [5.74, 6) is -0.270. The average molecular weight is 521 g/mol. The first-order chi connectivity index (χ1) is 17.0. The molecule has 3 fully saturated rings.